The lowest BCUT2D eigenvalue weighted by Gasteiger charge is -2.26. The van der Waals surface area contributed by atoms with E-state index in [-0.39, 0.29) is 5.82 Å². The Morgan fingerprint density at radius 1 is 1.13 bits per heavy atom. The van der Waals surface area contributed by atoms with E-state index in [2.05, 4.69) is 0 Å². The molecule has 1 N–H and O–H groups in total. The monoisotopic (exact) mass is 422 g/mol. The number of benzene rings is 2. The Labute approximate surface area is 176 Å². The third-order valence-electron chi connectivity index (χ3n) is 5.12. The highest BCUT2D eigenvalue weighted by atomic mass is 32.1. The number of halogens is 1. The van der Waals surface area contributed by atoms with Gasteiger partial charge in [-0.25, -0.2) is 14.2 Å². The van der Waals surface area contributed by atoms with E-state index < -0.39 is 17.1 Å². The van der Waals surface area contributed by atoms with Gasteiger partial charge in [0.25, 0.3) is 5.56 Å². The molecule has 0 radical (unpaired) electrons. The Morgan fingerprint density at radius 3 is 2.47 bits per heavy atom. The van der Waals surface area contributed by atoms with Gasteiger partial charge in [-0.2, -0.15) is 0 Å². The summed E-state index contributed by atoms with van der Waals surface area (Å²) in [5.74, 6) is -1.21. The summed E-state index contributed by atoms with van der Waals surface area (Å²) in [6.45, 7) is 4.88. The van der Waals surface area contributed by atoms with Gasteiger partial charge in [-0.05, 0) is 44.5 Å². The smallest absolute Gasteiger partial charge is 0.329 e. The van der Waals surface area contributed by atoms with Crippen LogP contribution in [0.3, 0.4) is 0 Å². The first kappa shape index (κ1) is 20.0. The minimum atomic E-state index is -1.53. The Hall–Kier alpha value is -3.32. The van der Waals surface area contributed by atoms with Crippen molar-refractivity contribution < 1.29 is 14.3 Å². The van der Waals surface area contributed by atoms with E-state index in [0.29, 0.717) is 32.7 Å². The van der Waals surface area contributed by atoms with Crippen molar-refractivity contribution in [2.24, 2.45) is 0 Å². The van der Waals surface area contributed by atoms with Crippen molar-refractivity contribution in [2.45, 2.75) is 26.3 Å². The SMILES string of the molecule is Cc1cccc(-c2nc3scc(-c4ccc(F)cc4)c3c(=O)n2C(C)(C)C(=O)O)c1. The van der Waals surface area contributed by atoms with Gasteiger partial charge in [-0.1, -0.05) is 35.9 Å². The average molecular weight is 422 g/mol. The molecule has 30 heavy (non-hydrogen) atoms. The number of fused-ring (bicyclic) bond motifs is 1. The summed E-state index contributed by atoms with van der Waals surface area (Å²) in [5, 5.41) is 12.0. The van der Waals surface area contributed by atoms with Crippen LogP contribution in [-0.4, -0.2) is 20.6 Å². The molecule has 2 aromatic heterocycles. The molecule has 0 amide bonds. The van der Waals surface area contributed by atoms with Crippen LogP contribution in [0.2, 0.25) is 0 Å². The first-order valence-electron chi connectivity index (χ1n) is 9.31. The van der Waals surface area contributed by atoms with E-state index >= 15 is 0 Å². The summed E-state index contributed by atoms with van der Waals surface area (Å²) in [7, 11) is 0. The van der Waals surface area contributed by atoms with Crippen LogP contribution in [0, 0.1) is 12.7 Å². The third-order valence-corrected chi connectivity index (χ3v) is 5.99. The maximum atomic E-state index is 13.7. The fraction of sp³-hybridized carbons (Fsp3) is 0.174. The molecule has 0 fully saturated rings. The molecule has 0 aliphatic carbocycles. The van der Waals surface area contributed by atoms with Crippen molar-refractivity contribution in [1.82, 2.24) is 9.55 Å². The summed E-state index contributed by atoms with van der Waals surface area (Å²) >= 11 is 1.30. The van der Waals surface area contributed by atoms with Crippen molar-refractivity contribution in [3.8, 4) is 22.5 Å². The lowest BCUT2D eigenvalue weighted by atomic mass is 10.0. The van der Waals surface area contributed by atoms with E-state index in [4.69, 9.17) is 4.98 Å². The van der Waals surface area contributed by atoms with Crippen molar-refractivity contribution in [3.63, 3.8) is 0 Å². The van der Waals surface area contributed by atoms with Crippen LogP contribution in [0.25, 0.3) is 32.7 Å². The van der Waals surface area contributed by atoms with E-state index in [0.717, 1.165) is 5.56 Å². The third kappa shape index (κ3) is 3.21. The van der Waals surface area contributed by atoms with Crippen molar-refractivity contribution in [1.29, 1.82) is 0 Å². The van der Waals surface area contributed by atoms with Crippen LogP contribution in [0.15, 0.2) is 58.7 Å². The van der Waals surface area contributed by atoms with Crippen LogP contribution >= 0.6 is 11.3 Å². The zero-order chi connectivity index (χ0) is 21.6. The predicted octanol–water partition coefficient (Wildman–Crippen LogP) is 5.06. The molecule has 2 heterocycles. The lowest BCUT2D eigenvalue weighted by Crippen LogP contribution is -2.44. The van der Waals surface area contributed by atoms with Crippen LogP contribution in [0.4, 0.5) is 4.39 Å². The summed E-state index contributed by atoms with van der Waals surface area (Å²) in [5.41, 5.74) is 0.950. The molecule has 0 unspecified atom stereocenters. The fourth-order valence-corrected chi connectivity index (χ4v) is 4.36. The predicted molar refractivity (Wildman–Crippen MR) is 116 cm³/mol. The highest BCUT2D eigenvalue weighted by Gasteiger charge is 2.35. The highest BCUT2D eigenvalue weighted by Crippen LogP contribution is 2.34. The molecule has 0 saturated carbocycles. The quantitative estimate of drug-likeness (QED) is 0.499. The van der Waals surface area contributed by atoms with Crippen molar-refractivity contribution >= 4 is 27.5 Å². The molecule has 152 valence electrons. The van der Waals surface area contributed by atoms with Crippen LogP contribution < -0.4 is 5.56 Å². The second kappa shape index (κ2) is 7.18. The molecule has 0 aliphatic heterocycles. The second-order valence-corrected chi connectivity index (χ2v) is 8.50. The van der Waals surface area contributed by atoms with Gasteiger partial charge < -0.3 is 5.11 Å². The maximum absolute atomic E-state index is 13.7. The normalized spacial score (nSPS) is 11.7. The van der Waals surface area contributed by atoms with Gasteiger partial charge in [0.1, 0.15) is 22.0 Å². The van der Waals surface area contributed by atoms with E-state index in [1.54, 1.807) is 17.5 Å². The van der Waals surface area contributed by atoms with Crippen molar-refractivity contribution in [3.05, 3.63) is 75.6 Å². The molecular weight excluding hydrogens is 403 g/mol. The number of rotatable bonds is 4. The highest BCUT2D eigenvalue weighted by molar-refractivity contribution is 7.17. The molecule has 0 bridgehead atoms. The number of thiophene rings is 1. The first-order chi connectivity index (χ1) is 14.2. The topological polar surface area (TPSA) is 72.2 Å². The minimum absolute atomic E-state index is 0.302. The maximum Gasteiger partial charge on any atom is 0.329 e. The molecule has 0 aliphatic rings. The molecule has 0 spiro atoms. The fourth-order valence-electron chi connectivity index (χ4n) is 3.42. The van der Waals surface area contributed by atoms with Gasteiger partial charge in [-0.3, -0.25) is 9.36 Å². The minimum Gasteiger partial charge on any atom is -0.480 e. The molecular formula is C23H19FN2O3S. The van der Waals surface area contributed by atoms with Crippen LogP contribution in [-0.2, 0) is 10.3 Å². The Kier molecular flexibility index (Phi) is 4.78. The van der Waals surface area contributed by atoms with Gasteiger partial charge in [0.15, 0.2) is 0 Å². The average Bonchev–Trinajstić information content (AvgIpc) is 3.12. The number of carbonyl (C=O) groups is 1. The van der Waals surface area contributed by atoms with Crippen molar-refractivity contribution in [2.75, 3.05) is 0 Å². The number of carboxylic acid groups (broad SMARTS) is 1. The number of hydrogen-bond acceptors (Lipinski definition) is 4. The first-order valence-corrected chi connectivity index (χ1v) is 10.2. The van der Waals surface area contributed by atoms with E-state index in [1.165, 1.54) is 41.9 Å². The Morgan fingerprint density at radius 2 is 1.83 bits per heavy atom. The van der Waals surface area contributed by atoms with E-state index in [9.17, 15) is 19.1 Å². The number of nitrogens with zero attached hydrogens (tertiary/aromatic N) is 2. The van der Waals surface area contributed by atoms with Gasteiger partial charge in [0.05, 0.1) is 5.39 Å². The van der Waals surface area contributed by atoms with Crippen LogP contribution in [0.5, 0.6) is 0 Å². The second-order valence-electron chi connectivity index (χ2n) is 7.65. The molecule has 5 nitrogen and oxygen atoms in total. The largest absolute Gasteiger partial charge is 0.480 e. The van der Waals surface area contributed by atoms with E-state index in [1.807, 2.05) is 31.2 Å². The Balaban J connectivity index is 2.10. The molecule has 7 heteroatoms. The van der Waals surface area contributed by atoms with Gasteiger partial charge in [0, 0.05) is 16.5 Å². The zero-order valence-corrected chi connectivity index (χ0v) is 17.5. The Bertz CT molecular complexity index is 1340. The molecule has 4 aromatic rings. The van der Waals surface area contributed by atoms with Gasteiger partial charge >= 0.3 is 5.97 Å². The summed E-state index contributed by atoms with van der Waals surface area (Å²) in [6, 6.07) is 13.3. The number of hydrogen-bond donors (Lipinski definition) is 1. The zero-order valence-electron chi connectivity index (χ0n) is 16.6. The van der Waals surface area contributed by atoms with Crippen LogP contribution in [0.1, 0.15) is 19.4 Å². The van der Waals surface area contributed by atoms with Gasteiger partial charge in [0.2, 0.25) is 0 Å². The summed E-state index contributed by atoms with van der Waals surface area (Å²) < 4.78 is 14.6. The molecule has 4 rings (SSSR count). The van der Waals surface area contributed by atoms with Gasteiger partial charge in [-0.15, -0.1) is 11.3 Å². The lowest BCUT2D eigenvalue weighted by molar-refractivity contribution is -0.145. The number of aryl methyl sites for hydroxylation is 1. The number of aromatic nitrogens is 2. The number of aliphatic carboxylic acids is 1. The standard InChI is InChI=1S/C23H19FN2O3S/c1-13-5-4-6-15(11-13)19-25-20-18(21(27)26(19)23(2,3)22(28)29)17(12-30-20)14-7-9-16(24)10-8-14/h4-12H,1-3H3,(H,28,29). The number of carboxylic acids is 1. The summed E-state index contributed by atoms with van der Waals surface area (Å²) in [6.07, 6.45) is 0. The molecule has 0 saturated heterocycles. The summed E-state index contributed by atoms with van der Waals surface area (Å²) in [4.78, 5) is 30.9. The molecule has 0 atom stereocenters. The molecule has 2 aromatic carbocycles.